The minimum absolute atomic E-state index is 0. The number of aliphatic hydroxyl groups is 1. The third kappa shape index (κ3) is 2.73. The molecule has 5 nitrogen and oxygen atoms in total. The second-order valence-electron chi connectivity index (χ2n) is 7.51. The molecule has 24 heavy (non-hydrogen) atoms. The number of esters is 1. The van der Waals surface area contributed by atoms with Crippen molar-refractivity contribution in [3.8, 4) is 0 Å². The fourth-order valence-corrected chi connectivity index (χ4v) is 4.55. The lowest BCUT2D eigenvalue weighted by atomic mass is 9.95. The largest absolute Gasteiger partial charge is 0.461 e. The average Bonchev–Trinajstić information content (AvgIpc) is 3.27. The quantitative estimate of drug-likeness (QED) is 0.505. The zero-order chi connectivity index (χ0) is 16.2. The number of hydrogen-bond acceptors (Lipinski definition) is 4. The van der Waals surface area contributed by atoms with Gasteiger partial charge in [0.05, 0.1) is 20.7 Å². The molecule has 1 aromatic rings. The van der Waals surface area contributed by atoms with E-state index in [2.05, 4.69) is 14.1 Å². The van der Waals surface area contributed by atoms with E-state index < -0.39 is 5.92 Å². The Morgan fingerprint density at radius 3 is 2.38 bits per heavy atom. The Hall–Kier alpha value is -1.14. The molecule has 0 aromatic heterocycles. The number of likely N-dealkylation sites (N-methyl/N-ethyl adjacent to an activating group) is 1. The molecule has 0 spiro atoms. The first kappa shape index (κ1) is 17.7. The molecule has 2 bridgehead atoms. The van der Waals surface area contributed by atoms with Crippen molar-refractivity contribution in [3.05, 3.63) is 35.9 Å². The molecule has 0 aliphatic carbocycles. The van der Waals surface area contributed by atoms with Crippen molar-refractivity contribution in [3.63, 3.8) is 0 Å². The van der Waals surface area contributed by atoms with Gasteiger partial charge in [-0.15, -0.1) is 12.4 Å². The maximum atomic E-state index is 12.5. The minimum Gasteiger partial charge on any atom is -0.461 e. The van der Waals surface area contributed by atoms with Crippen LogP contribution in [-0.4, -0.2) is 66.7 Å². The Bertz CT molecular complexity index is 588. The summed E-state index contributed by atoms with van der Waals surface area (Å²) in [5.41, 5.74) is 0.807. The summed E-state index contributed by atoms with van der Waals surface area (Å²) in [7, 11) is 4.51. The molecule has 0 saturated carbocycles. The van der Waals surface area contributed by atoms with Crippen LogP contribution in [0.4, 0.5) is 0 Å². The molecule has 4 unspecified atom stereocenters. The number of aliphatic hydroxyl groups excluding tert-OH is 1. The van der Waals surface area contributed by atoms with Gasteiger partial charge in [0.25, 0.3) is 0 Å². The molecule has 4 rings (SSSR count). The summed E-state index contributed by atoms with van der Waals surface area (Å²) < 4.78 is 12.5. The Kier molecular flexibility index (Phi) is 4.64. The maximum Gasteiger partial charge on any atom is 0.316 e. The summed E-state index contributed by atoms with van der Waals surface area (Å²) in [6.45, 7) is -0.224. The number of morpholine rings is 1. The van der Waals surface area contributed by atoms with E-state index in [-0.39, 0.29) is 31.1 Å². The van der Waals surface area contributed by atoms with Crippen LogP contribution in [0.25, 0.3) is 0 Å². The van der Waals surface area contributed by atoms with Crippen LogP contribution in [0, 0.1) is 0 Å². The van der Waals surface area contributed by atoms with Crippen molar-refractivity contribution in [1.82, 2.24) is 0 Å². The second kappa shape index (κ2) is 6.30. The third-order valence-corrected chi connectivity index (χ3v) is 5.99. The van der Waals surface area contributed by atoms with Gasteiger partial charge in [-0.25, -0.2) is 0 Å². The Morgan fingerprint density at radius 2 is 1.83 bits per heavy atom. The van der Waals surface area contributed by atoms with Crippen LogP contribution < -0.4 is 0 Å². The predicted octanol–water partition coefficient (Wildman–Crippen LogP) is 1.48. The first-order chi connectivity index (χ1) is 11.0. The molecule has 3 heterocycles. The van der Waals surface area contributed by atoms with Crippen molar-refractivity contribution in [2.45, 2.75) is 49.2 Å². The van der Waals surface area contributed by atoms with Gasteiger partial charge in [-0.05, 0) is 5.56 Å². The van der Waals surface area contributed by atoms with E-state index >= 15 is 0 Å². The molecule has 1 N–H and O–H groups in total. The summed E-state index contributed by atoms with van der Waals surface area (Å²) >= 11 is 0. The number of carbonyl (C=O) groups excluding carboxylic acids is 1. The SMILES string of the molecule is C[N+]1(C)C2CC(OC(=O)[C@H](CO)c3ccccc3)CC1C1OC12.Cl. The van der Waals surface area contributed by atoms with Gasteiger partial charge < -0.3 is 19.1 Å². The van der Waals surface area contributed by atoms with Gasteiger partial charge in [0, 0.05) is 12.8 Å². The van der Waals surface area contributed by atoms with Crippen LogP contribution in [0.2, 0.25) is 0 Å². The number of rotatable bonds is 4. The smallest absolute Gasteiger partial charge is 0.316 e. The highest BCUT2D eigenvalue weighted by Crippen LogP contribution is 2.51. The predicted molar refractivity (Wildman–Crippen MR) is 91.0 cm³/mol. The lowest BCUT2D eigenvalue weighted by Gasteiger charge is -2.45. The van der Waals surface area contributed by atoms with E-state index in [1.54, 1.807) is 0 Å². The Balaban J connectivity index is 0.00000169. The van der Waals surface area contributed by atoms with Gasteiger partial charge >= 0.3 is 5.97 Å². The van der Waals surface area contributed by atoms with Crippen LogP contribution >= 0.6 is 12.4 Å². The number of carbonyl (C=O) groups is 1. The normalized spacial score (nSPS) is 36.2. The summed E-state index contributed by atoms with van der Waals surface area (Å²) in [6, 6.07) is 10.2. The number of ether oxygens (including phenoxy) is 2. The maximum absolute atomic E-state index is 12.5. The highest BCUT2D eigenvalue weighted by molar-refractivity contribution is 5.85. The van der Waals surface area contributed by atoms with E-state index in [4.69, 9.17) is 9.47 Å². The van der Waals surface area contributed by atoms with E-state index in [0.29, 0.717) is 24.3 Å². The van der Waals surface area contributed by atoms with Crippen LogP contribution in [0.5, 0.6) is 0 Å². The van der Waals surface area contributed by atoms with Crippen molar-refractivity contribution in [1.29, 1.82) is 0 Å². The van der Waals surface area contributed by atoms with Crippen LogP contribution in [0.15, 0.2) is 30.3 Å². The molecule has 6 heteroatoms. The Labute approximate surface area is 148 Å². The monoisotopic (exact) mass is 354 g/mol. The standard InChI is InChI=1S/C18H24NO4.ClH/c1-19(2)14-8-12(9-15(19)17-16(14)23-17)22-18(21)13(10-20)11-6-4-3-5-7-11;/h3-7,12-17,20H,8-10H2,1-2H3;1H/q+1;/t12?,13-,14?,15?,16?,17?;/m1./s1. The summed E-state index contributed by atoms with van der Waals surface area (Å²) in [6.07, 6.45) is 2.34. The molecule has 3 fully saturated rings. The topological polar surface area (TPSA) is 59.1 Å². The lowest BCUT2D eigenvalue weighted by Crippen LogP contribution is -2.60. The van der Waals surface area contributed by atoms with E-state index in [1.165, 1.54) is 0 Å². The van der Waals surface area contributed by atoms with Crippen molar-refractivity contribution in [2.75, 3.05) is 20.7 Å². The van der Waals surface area contributed by atoms with E-state index in [1.807, 2.05) is 30.3 Å². The van der Waals surface area contributed by atoms with Gasteiger partial charge in [0.15, 0.2) is 0 Å². The Morgan fingerprint density at radius 1 is 1.25 bits per heavy atom. The number of hydrogen-bond donors (Lipinski definition) is 1. The minimum atomic E-state index is -0.593. The molecule has 3 aliphatic rings. The van der Waals surface area contributed by atoms with Crippen LogP contribution in [-0.2, 0) is 14.3 Å². The van der Waals surface area contributed by atoms with Gasteiger partial charge in [0.1, 0.15) is 36.3 Å². The first-order valence-electron chi connectivity index (χ1n) is 8.37. The number of quaternary nitrogens is 1. The molecule has 1 aromatic carbocycles. The van der Waals surface area contributed by atoms with E-state index in [9.17, 15) is 9.90 Å². The summed E-state index contributed by atoms with van der Waals surface area (Å²) in [5, 5.41) is 9.60. The number of fused-ring (bicyclic) bond motifs is 5. The van der Waals surface area contributed by atoms with Crippen molar-refractivity contribution in [2.24, 2.45) is 0 Å². The zero-order valence-electron chi connectivity index (χ0n) is 14.0. The van der Waals surface area contributed by atoms with Gasteiger partial charge in [0.2, 0.25) is 0 Å². The molecule has 3 saturated heterocycles. The van der Waals surface area contributed by atoms with Gasteiger partial charge in [-0.2, -0.15) is 0 Å². The second-order valence-corrected chi connectivity index (χ2v) is 7.51. The molecule has 5 atom stereocenters. The van der Waals surface area contributed by atoms with Crippen LogP contribution in [0.3, 0.4) is 0 Å². The van der Waals surface area contributed by atoms with Gasteiger partial charge in [-0.1, -0.05) is 30.3 Å². The number of piperidine rings is 1. The van der Waals surface area contributed by atoms with Gasteiger partial charge in [-0.3, -0.25) is 4.79 Å². The highest BCUT2D eigenvalue weighted by Gasteiger charge is 2.70. The number of epoxide rings is 1. The molecular formula is C18H25ClNO4+. The zero-order valence-corrected chi connectivity index (χ0v) is 14.8. The lowest BCUT2D eigenvalue weighted by molar-refractivity contribution is -0.938. The third-order valence-electron chi connectivity index (χ3n) is 5.99. The molecule has 132 valence electrons. The first-order valence-corrected chi connectivity index (χ1v) is 8.37. The average molecular weight is 355 g/mol. The molecule has 0 radical (unpaired) electrons. The fraction of sp³-hybridized carbons (Fsp3) is 0.611. The summed E-state index contributed by atoms with van der Waals surface area (Å²) in [5.74, 6) is -0.908. The number of benzene rings is 1. The van der Waals surface area contributed by atoms with Crippen molar-refractivity contribution < 1.29 is 23.9 Å². The van der Waals surface area contributed by atoms with E-state index in [0.717, 1.165) is 22.9 Å². The molecule has 3 aliphatic heterocycles. The number of nitrogens with zero attached hydrogens (tertiary/aromatic N) is 1. The molecule has 0 amide bonds. The fourth-order valence-electron chi connectivity index (χ4n) is 4.55. The summed E-state index contributed by atoms with van der Waals surface area (Å²) in [4.78, 5) is 12.5. The molecular weight excluding hydrogens is 330 g/mol. The highest BCUT2D eigenvalue weighted by atomic mass is 35.5. The number of halogens is 1. The van der Waals surface area contributed by atoms with Crippen LogP contribution in [0.1, 0.15) is 24.3 Å². The van der Waals surface area contributed by atoms with Crippen molar-refractivity contribution >= 4 is 18.4 Å².